The fraction of sp³-hybridized carbons (Fsp3) is 0.368. The average Bonchev–Trinajstić information content (AvgIpc) is 3.04. The van der Waals surface area contributed by atoms with E-state index in [0.29, 0.717) is 23.7 Å². The zero-order valence-corrected chi connectivity index (χ0v) is 15.8. The van der Waals surface area contributed by atoms with Crippen LogP contribution in [0.3, 0.4) is 0 Å². The fourth-order valence-electron chi connectivity index (χ4n) is 2.94. The molecular weight excluding hydrogens is 344 g/mol. The SMILES string of the molecule is CCCCCn1c(NN=C(C)c2ccccc2)nc2c1c(=O)[nH]c(=O)n2C. The first-order valence-corrected chi connectivity index (χ1v) is 9.08. The summed E-state index contributed by atoms with van der Waals surface area (Å²) in [5, 5.41) is 4.41. The number of unbranched alkanes of at least 4 members (excludes halogenated alkanes) is 2. The van der Waals surface area contributed by atoms with Crippen LogP contribution in [0.25, 0.3) is 11.2 Å². The van der Waals surface area contributed by atoms with Crippen molar-refractivity contribution in [2.75, 3.05) is 5.43 Å². The molecule has 142 valence electrons. The largest absolute Gasteiger partial charge is 0.329 e. The topological polar surface area (TPSA) is 97.1 Å². The van der Waals surface area contributed by atoms with Gasteiger partial charge in [0.15, 0.2) is 11.2 Å². The van der Waals surface area contributed by atoms with E-state index in [1.54, 1.807) is 11.6 Å². The molecule has 0 aliphatic carbocycles. The lowest BCUT2D eigenvalue weighted by molar-refractivity contribution is 0.615. The summed E-state index contributed by atoms with van der Waals surface area (Å²) < 4.78 is 3.14. The second-order valence-corrected chi connectivity index (χ2v) is 6.46. The lowest BCUT2D eigenvalue weighted by Gasteiger charge is -2.08. The lowest BCUT2D eigenvalue weighted by Crippen LogP contribution is -2.29. The van der Waals surface area contributed by atoms with Crippen LogP contribution in [-0.4, -0.2) is 24.8 Å². The fourth-order valence-corrected chi connectivity index (χ4v) is 2.94. The number of fused-ring (bicyclic) bond motifs is 1. The van der Waals surface area contributed by atoms with Gasteiger partial charge in [-0.25, -0.2) is 10.2 Å². The first-order valence-electron chi connectivity index (χ1n) is 9.08. The minimum absolute atomic E-state index is 0.343. The number of H-pyrrole nitrogens is 1. The number of benzene rings is 1. The van der Waals surface area contributed by atoms with Gasteiger partial charge in [0.1, 0.15) is 0 Å². The third-order valence-electron chi connectivity index (χ3n) is 4.51. The Labute approximate surface area is 156 Å². The molecule has 0 saturated carbocycles. The molecular formula is C19H24N6O2. The molecule has 0 unspecified atom stereocenters. The summed E-state index contributed by atoms with van der Waals surface area (Å²) in [7, 11) is 1.59. The third-order valence-corrected chi connectivity index (χ3v) is 4.51. The van der Waals surface area contributed by atoms with Gasteiger partial charge < -0.3 is 4.57 Å². The van der Waals surface area contributed by atoms with Crippen LogP contribution in [-0.2, 0) is 13.6 Å². The van der Waals surface area contributed by atoms with E-state index in [1.165, 1.54) is 4.57 Å². The number of hydrogen-bond donors (Lipinski definition) is 2. The van der Waals surface area contributed by atoms with Crippen LogP contribution in [0.5, 0.6) is 0 Å². The quantitative estimate of drug-likeness (QED) is 0.380. The summed E-state index contributed by atoms with van der Waals surface area (Å²) in [4.78, 5) is 31.1. The smallest absolute Gasteiger partial charge is 0.303 e. The number of imidazole rings is 1. The molecule has 27 heavy (non-hydrogen) atoms. The molecule has 8 heteroatoms. The normalized spacial score (nSPS) is 11.9. The second-order valence-electron chi connectivity index (χ2n) is 6.46. The molecule has 0 saturated heterocycles. The Hall–Kier alpha value is -3.16. The van der Waals surface area contributed by atoms with Gasteiger partial charge in [-0.15, -0.1) is 0 Å². The predicted octanol–water partition coefficient (Wildman–Crippen LogP) is 2.45. The van der Waals surface area contributed by atoms with E-state index in [1.807, 2.05) is 37.3 Å². The van der Waals surface area contributed by atoms with Crippen molar-refractivity contribution >= 4 is 22.8 Å². The molecule has 0 radical (unpaired) electrons. The Morgan fingerprint density at radius 1 is 1.22 bits per heavy atom. The zero-order chi connectivity index (χ0) is 19.4. The van der Waals surface area contributed by atoms with Gasteiger partial charge in [-0.1, -0.05) is 50.1 Å². The number of rotatable bonds is 7. The number of aryl methyl sites for hydroxylation is 2. The summed E-state index contributed by atoms with van der Waals surface area (Å²) in [6, 6.07) is 9.79. The maximum atomic E-state index is 12.4. The summed E-state index contributed by atoms with van der Waals surface area (Å²) in [5.41, 5.74) is 4.56. The number of hydrazone groups is 1. The summed E-state index contributed by atoms with van der Waals surface area (Å²) >= 11 is 0. The molecule has 0 amide bonds. The van der Waals surface area contributed by atoms with Gasteiger partial charge in [0.25, 0.3) is 5.56 Å². The Bertz CT molecular complexity index is 1080. The van der Waals surface area contributed by atoms with E-state index in [4.69, 9.17) is 0 Å². The minimum Gasteiger partial charge on any atom is -0.303 e. The van der Waals surface area contributed by atoms with Crippen molar-refractivity contribution in [3.63, 3.8) is 0 Å². The van der Waals surface area contributed by atoms with E-state index in [-0.39, 0.29) is 0 Å². The van der Waals surface area contributed by atoms with Crippen LogP contribution in [0, 0.1) is 0 Å². The van der Waals surface area contributed by atoms with Crippen LogP contribution in [0.4, 0.5) is 5.95 Å². The number of nitrogens with zero attached hydrogens (tertiary/aromatic N) is 4. The number of aromatic amines is 1. The van der Waals surface area contributed by atoms with Crippen LogP contribution < -0.4 is 16.7 Å². The molecule has 8 nitrogen and oxygen atoms in total. The highest BCUT2D eigenvalue weighted by Crippen LogP contribution is 2.17. The van der Waals surface area contributed by atoms with Crippen molar-refractivity contribution in [2.24, 2.45) is 12.1 Å². The van der Waals surface area contributed by atoms with Crippen LogP contribution in [0.2, 0.25) is 0 Å². The maximum Gasteiger partial charge on any atom is 0.329 e. The molecule has 2 N–H and O–H groups in total. The number of nitrogens with one attached hydrogen (secondary N) is 2. The molecule has 1 aromatic carbocycles. The van der Waals surface area contributed by atoms with E-state index in [2.05, 4.69) is 27.4 Å². The summed E-state index contributed by atoms with van der Waals surface area (Å²) in [6.45, 7) is 4.64. The molecule has 3 rings (SSSR count). The molecule has 0 atom stereocenters. The van der Waals surface area contributed by atoms with E-state index < -0.39 is 11.2 Å². The number of hydrogen-bond acceptors (Lipinski definition) is 5. The first-order chi connectivity index (χ1) is 13.0. The van der Waals surface area contributed by atoms with Crippen molar-refractivity contribution in [3.8, 4) is 0 Å². The molecule has 0 fully saturated rings. The molecule has 2 aromatic heterocycles. The van der Waals surface area contributed by atoms with Crippen molar-refractivity contribution in [1.29, 1.82) is 0 Å². The van der Waals surface area contributed by atoms with Crippen molar-refractivity contribution in [2.45, 2.75) is 39.7 Å². The minimum atomic E-state index is -0.485. The zero-order valence-electron chi connectivity index (χ0n) is 15.8. The van der Waals surface area contributed by atoms with Gasteiger partial charge in [0, 0.05) is 13.6 Å². The second kappa shape index (κ2) is 8.03. The summed E-state index contributed by atoms with van der Waals surface area (Å²) in [6.07, 6.45) is 3.00. The van der Waals surface area contributed by atoms with Gasteiger partial charge in [-0.3, -0.25) is 14.3 Å². The molecule has 0 spiro atoms. The van der Waals surface area contributed by atoms with E-state index >= 15 is 0 Å². The van der Waals surface area contributed by atoms with Crippen LogP contribution >= 0.6 is 0 Å². The Morgan fingerprint density at radius 2 is 1.96 bits per heavy atom. The Morgan fingerprint density at radius 3 is 2.67 bits per heavy atom. The van der Waals surface area contributed by atoms with E-state index in [9.17, 15) is 9.59 Å². The highest BCUT2D eigenvalue weighted by atomic mass is 16.2. The number of aromatic nitrogens is 4. The third kappa shape index (κ3) is 3.84. The monoisotopic (exact) mass is 368 g/mol. The van der Waals surface area contributed by atoms with Crippen LogP contribution in [0.1, 0.15) is 38.7 Å². The molecule has 0 bridgehead atoms. The predicted molar refractivity (Wildman–Crippen MR) is 107 cm³/mol. The van der Waals surface area contributed by atoms with Gasteiger partial charge in [-0.05, 0) is 18.9 Å². The standard InChI is InChI=1S/C19H24N6O2/c1-4-5-9-12-25-15-16(24(3)19(27)21-17(15)26)20-18(25)23-22-13(2)14-10-7-6-8-11-14/h6-8,10-11H,4-5,9,12H2,1-3H3,(H,20,23)(H,21,26,27). The van der Waals surface area contributed by atoms with Crippen molar-refractivity contribution in [3.05, 3.63) is 56.7 Å². The highest BCUT2D eigenvalue weighted by Gasteiger charge is 2.17. The van der Waals surface area contributed by atoms with Gasteiger partial charge >= 0.3 is 5.69 Å². The first kappa shape index (κ1) is 18.6. The molecule has 0 aliphatic rings. The average molecular weight is 368 g/mol. The molecule has 0 aliphatic heterocycles. The van der Waals surface area contributed by atoms with Crippen molar-refractivity contribution in [1.82, 2.24) is 19.1 Å². The lowest BCUT2D eigenvalue weighted by atomic mass is 10.1. The number of anilines is 1. The van der Waals surface area contributed by atoms with E-state index in [0.717, 1.165) is 30.5 Å². The van der Waals surface area contributed by atoms with Gasteiger partial charge in [0.2, 0.25) is 5.95 Å². The van der Waals surface area contributed by atoms with Crippen molar-refractivity contribution < 1.29 is 0 Å². The molecule has 3 aromatic rings. The highest BCUT2D eigenvalue weighted by molar-refractivity contribution is 5.99. The Balaban J connectivity index is 2.04. The van der Waals surface area contributed by atoms with Gasteiger partial charge in [-0.2, -0.15) is 10.1 Å². The van der Waals surface area contributed by atoms with Gasteiger partial charge in [0.05, 0.1) is 5.71 Å². The summed E-state index contributed by atoms with van der Waals surface area (Å²) in [5.74, 6) is 0.447. The molecule has 2 heterocycles. The maximum absolute atomic E-state index is 12.4. The Kier molecular flexibility index (Phi) is 5.54. The van der Waals surface area contributed by atoms with Crippen LogP contribution in [0.15, 0.2) is 45.0 Å².